The van der Waals surface area contributed by atoms with Crippen molar-refractivity contribution >= 4 is 51.5 Å². The molecule has 4 rings (SSSR count). The summed E-state index contributed by atoms with van der Waals surface area (Å²) in [5.41, 5.74) is 4.92. The van der Waals surface area contributed by atoms with E-state index >= 15 is 0 Å². The fourth-order valence-electron chi connectivity index (χ4n) is 3.26. The highest BCUT2D eigenvalue weighted by molar-refractivity contribution is 8.18. The van der Waals surface area contributed by atoms with Crippen molar-refractivity contribution in [3.63, 3.8) is 0 Å². The number of aromatic nitrogens is 1. The average molecular weight is 420 g/mol. The maximum atomic E-state index is 12.5. The zero-order valence-electron chi connectivity index (χ0n) is 16.9. The Bertz CT molecular complexity index is 1220. The van der Waals surface area contributed by atoms with Gasteiger partial charge in [-0.2, -0.15) is 0 Å². The van der Waals surface area contributed by atoms with E-state index in [1.165, 1.54) is 24.4 Å². The van der Waals surface area contributed by atoms with Crippen LogP contribution in [-0.2, 0) is 20.9 Å². The third kappa shape index (κ3) is 4.02. The zero-order valence-corrected chi connectivity index (χ0v) is 17.7. The number of carbonyl (C=O) groups is 2. The summed E-state index contributed by atoms with van der Waals surface area (Å²) in [6.45, 7) is 4.20. The molecule has 2 aromatic carbocycles. The lowest BCUT2D eigenvalue weighted by Crippen LogP contribution is -2.19. The average Bonchev–Trinajstić information content (AvgIpc) is 3.25. The second-order valence-electron chi connectivity index (χ2n) is 7.06. The number of esters is 1. The number of nitrogens with zero attached hydrogens (tertiary/aromatic N) is 2. The number of rotatable bonds is 4. The highest BCUT2D eigenvalue weighted by Crippen LogP contribution is 2.31. The predicted octanol–water partition coefficient (Wildman–Crippen LogP) is 4.32. The van der Waals surface area contributed by atoms with Crippen LogP contribution < -0.4 is 5.32 Å². The number of hydrogen-bond acceptors (Lipinski definition) is 5. The quantitative estimate of drug-likeness (QED) is 0.505. The Labute approximate surface area is 178 Å². The van der Waals surface area contributed by atoms with E-state index in [-0.39, 0.29) is 18.4 Å². The Balaban J connectivity index is 1.66. The summed E-state index contributed by atoms with van der Waals surface area (Å²) >= 11 is 1.30. The van der Waals surface area contributed by atoms with Crippen molar-refractivity contribution in [2.24, 2.45) is 4.99 Å². The van der Waals surface area contributed by atoms with Crippen LogP contribution in [0.3, 0.4) is 0 Å². The van der Waals surface area contributed by atoms with Crippen molar-refractivity contribution in [3.8, 4) is 0 Å². The molecule has 1 saturated heterocycles. The number of amidine groups is 1. The number of carbonyl (C=O) groups excluding carboxylic acids is 2. The number of nitrogens with one attached hydrogen (secondary N) is 1. The molecule has 1 aromatic heterocycles. The molecule has 152 valence electrons. The Kier molecular flexibility index (Phi) is 5.46. The summed E-state index contributed by atoms with van der Waals surface area (Å²) < 4.78 is 6.62. The van der Waals surface area contributed by atoms with Crippen LogP contribution in [0.1, 0.15) is 16.7 Å². The number of ether oxygens (including phenoxy) is 1. The van der Waals surface area contributed by atoms with Gasteiger partial charge in [-0.15, -0.1) is 0 Å². The lowest BCUT2D eigenvalue weighted by atomic mass is 10.1. The van der Waals surface area contributed by atoms with Gasteiger partial charge in [0.05, 0.1) is 17.7 Å². The molecular formula is C23H21N3O3S. The number of para-hydroxylation sites is 1. The molecule has 0 spiro atoms. The van der Waals surface area contributed by atoms with Gasteiger partial charge in [-0.25, -0.2) is 4.99 Å². The highest BCUT2D eigenvalue weighted by atomic mass is 32.2. The Morgan fingerprint density at radius 1 is 1.20 bits per heavy atom. The number of methoxy groups -OCH3 is 1. The first-order valence-corrected chi connectivity index (χ1v) is 10.3. The van der Waals surface area contributed by atoms with Crippen LogP contribution in [0.5, 0.6) is 0 Å². The van der Waals surface area contributed by atoms with Gasteiger partial charge in [0.25, 0.3) is 5.91 Å². The first kappa shape index (κ1) is 20.0. The van der Waals surface area contributed by atoms with Crippen LogP contribution in [0, 0.1) is 13.8 Å². The van der Waals surface area contributed by atoms with Crippen LogP contribution in [0.25, 0.3) is 17.0 Å². The van der Waals surface area contributed by atoms with Gasteiger partial charge < -0.3 is 14.6 Å². The van der Waals surface area contributed by atoms with E-state index < -0.39 is 0 Å². The van der Waals surface area contributed by atoms with E-state index in [4.69, 9.17) is 4.74 Å². The van der Waals surface area contributed by atoms with Crippen molar-refractivity contribution < 1.29 is 14.3 Å². The summed E-state index contributed by atoms with van der Waals surface area (Å²) in [7, 11) is 1.37. The van der Waals surface area contributed by atoms with Gasteiger partial charge in [-0.05, 0) is 61.0 Å². The van der Waals surface area contributed by atoms with Gasteiger partial charge in [-0.1, -0.05) is 24.3 Å². The van der Waals surface area contributed by atoms with E-state index in [0.717, 1.165) is 27.7 Å². The molecule has 0 atom stereocenters. The van der Waals surface area contributed by atoms with Crippen molar-refractivity contribution in [2.75, 3.05) is 7.11 Å². The number of aliphatic imine (C=N–C) groups is 1. The highest BCUT2D eigenvalue weighted by Gasteiger charge is 2.24. The number of fused-ring (bicyclic) bond motifs is 1. The predicted molar refractivity (Wildman–Crippen MR) is 121 cm³/mol. The monoisotopic (exact) mass is 419 g/mol. The van der Waals surface area contributed by atoms with Gasteiger partial charge in [0, 0.05) is 22.7 Å². The van der Waals surface area contributed by atoms with Crippen LogP contribution >= 0.6 is 11.8 Å². The van der Waals surface area contributed by atoms with Crippen LogP contribution in [0.15, 0.2) is 58.6 Å². The lowest BCUT2D eigenvalue weighted by molar-refractivity contribution is -0.141. The van der Waals surface area contributed by atoms with Crippen LogP contribution in [0.4, 0.5) is 5.69 Å². The number of benzene rings is 2. The number of hydrogen-bond donors (Lipinski definition) is 1. The minimum Gasteiger partial charge on any atom is -0.468 e. The van der Waals surface area contributed by atoms with E-state index in [1.54, 1.807) is 0 Å². The molecule has 30 heavy (non-hydrogen) atoms. The van der Waals surface area contributed by atoms with Crippen molar-refractivity contribution in [1.29, 1.82) is 0 Å². The number of aryl methyl sites for hydroxylation is 2. The minimum absolute atomic E-state index is 0.110. The maximum absolute atomic E-state index is 12.5. The van der Waals surface area contributed by atoms with Crippen molar-refractivity contribution in [3.05, 3.63) is 70.3 Å². The molecule has 3 aromatic rings. The molecule has 1 fully saturated rings. The van der Waals surface area contributed by atoms with Crippen LogP contribution in [-0.4, -0.2) is 28.7 Å². The second kappa shape index (κ2) is 8.20. The first-order valence-electron chi connectivity index (χ1n) is 9.46. The van der Waals surface area contributed by atoms with Gasteiger partial charge in [0.15, 0.2) is 5.17 Å². The fraction of sp³-hybridized carbons (Fsp3) is 0.174. The Morgan fingerprint density at radius 2 is 2.00 bits per heavy atom. The summed E-state index contributed by atoms with van der Waals surface area (Å²) in [5.74, 6) is -0.516. The maximum Gasteiger partial charge on any atom is 0.325 e. The SMILES string of the molecule is COC(=O)Cn1cc(/C=C2\SC(=Nc3ccc(C)c(C)c3)NC2=O)c2ccccc21. The van der Waals surface area contributed by atoms with E-state index in [2.05, 4.69) is 17.2 Å². The van der Waals surface area contributed by atoms with Crippen molar-refractivity contribution in [1.82, 2.24) is 9.88 Å². The standard InChI is InChI=1S/C23H21N3O3S/c1-14-8-9-17(10-15(14)2)24-23-25-22(28)20(30-23)11-16-12-26(13-21(27)29-3)19-7-5-4-6-18(16)19/h4-12H,13H2,1-3H3,(H,24,25,28)/b20-11-. The summed E-state index contributed by atoms with van der Waals surface area (Å²) in [6.07, 6.45) is 3.69. The van der Waals surface area contributed by atoms with Gasteiger partial charge in [-0.3, -0.25) is 9.59 Å². The van der Waals surface area contributed by atoms with E-state index in [9.17, 15) is 9.59 Å². The normalized spacial score (nSPS) is 16.4. The van der Waals surface area contributed by atoms with E-state index in [0.29, 0.717) is 10.1 Å². The molecule has 1 N–H and O–H groups in total. The molecule has 0 radical (unpaired) electrons. The van der Waals surface area contributed by atoms with Gasteiger partial charge in [0.1, 0.15) is 6.54 Å². The molecule has 1 amide bonds. The molecule has 2 heterocycles. The van der Waals surface area contributed by atoms with E-state index in [1.807, 2.05) is 66.2 Å². The summed E-state index contributed by atoms with van der Waals surface area (Å²) in [4.78, 5) is 29.4. The van der Waals surface area contributed by atoms with Crippen LogP contribution in [0.2, 0.25) is 0 Å². The molecule has 0 saturated carbocycles. The third-order valence-corrected chi connectivity index (χ3v) is 5.91. The van der Waals surface area contributed by atoms with Gasteiger partial charge in [0.2, 0.25) is 0 Å². The van der Waals surface area contributed by atoms with Gasteiger partial charge >= 0.3 is 5.97 Å². The molecule has 0 unspecified atom stereocenters. The Morgan fingerprint density at radius 3 is 2.77 bits per heavy atom. The van der Waals surface area contributed by atoms with Crippen molar-refractivity contribution in [2.45, 2.75) is 20.4 Å². The largest absolute Gasteiger partial charge is 0.468 e. The molecular weight excluding hydrogens is 398 g/mol. The molecule has 0 aliphatic carbocycles. The third-order valence-electron chi connectivity index (χ3n) is 5.01. The number of amides is 1. The molecule has 6 nitrogen and oxygen atoms in total. The number of thioether (sulfide) groups is 1. The topological polar surface area (TPSA) is 72.7 Å². The Hall–Kier alpha value is -3.32. The summed E-state index contributed by atoms with van der Waals surface area (Å²) in [6, 6.07) is 13.7. The molecule has 1 aliphatic heterocycles. The fourth-order valence-corrected chi connectivity index (χ4v) is 4.09. The second-order valence-corrected chi connectivity index (χ2v) is 8.09. The molecule has 0 bridgehead atoms. The lowest BCUT2D eigenvalue weighted by Gasteiger charge is -2.02. The first-order chi connectivity index (χ1) is 14.4. The molecule has 1 aliphatic rings. The smallest absolute Gasteiger partial charge is 0.325 e. The molecule has 7 heteroatoms. The minimum atomic E-state index is -0.328. The zero-order chi connectivity index (χ0) is 21.3. The summed E-state index contributed by atoms with van der Waals surface area (Å²) in [5, 5.41) is 4.34.